The molecule has 25 heavy (non-hydrogen) atoms. The van der Waals surface area contributed by atoms with Crippen LogP contribution in [0.15, 0.2) is 0 Å². The monoisotopic (exact) mass is 346 g/mol. The molecule has 2 bridgehead atoms. The van der Waals surface area contributed by atoms with E-state index in [4.69, 9.17) is 9.47 Å². The molecule has 3 heteroatoms. The van der Waals surface area contributed by atoms with Gasteiger partial charge < -0.3 is 9.47 Å². The number of epoxide rings is 1. The molecule has 1 aliphatic heterocycles. The molecule has 5 aliphatic rings. The van der Waals surface area contributed by atoms with E-state index in [0.717, 1.165) is 24.9 Å². The maximum Gasteiger partial charge on any atom is 0.302 e. The topological polar surface area (TPSA) is 38.8 Å². The van der Waals surface area contributed by atoms with Crippen LogP contribution in [0.5, 0.6) is 0 Å². The molecule has 5 rings (SSSR count). The average Bonchev–Trinajstić information content (AvgIpc) is 3.25. The van der Waals surface area contributed by atoms with Crippen molar-refractivity contribution in [3.63, 3.8) is 0 Å². The summed E-state index contributed by atoms with van der Waals surface area (Å²) in [6, 6.07) is 0. The van der Waals surface area contributed by atoms with Crippen molar-refractivity contribution in [2.45, 2.75) is 90.8 Å². The van der Waals surface area contributed by atoms with Gasteiger partial charge in [-0.3, -0.25) is 4.79 Å². The predicted molar refractivity (Wildman–Crippen MR) is 96.0 cm³/mol. The SMILES string of the molecule is CC(=O)O[C@@H]1CC[C@]2(C)[C@H](CC[C@@]34C[C@@H](CC[C@H]32)[C@@]2(CO2)C4)C1(C)C. The minimum Gasteiger partial charge on any atom is -0.462 e. The summed E-state index contributed by atoms with van der Waals surface area (Å²) in [6.45, 7) is 9.92. The third kappa shape index (κ3) is 2.05. The van der Waals surface area contributed by atoms with E-state index in [-0.39, 0.29) is 17.5 Å². The molecule has 0 radical (unpaired) electrons. The van der Waals surface area contributed by atoms with Crippen LogP contribution in [-0.2, 0) is 14.3 Å². The van der Waals surface area contributed by atoms with Gasteiger partial charge in [0, 0.05) is 12.3 Å². The molecule has 5 fully saturated rings. The second-order valence-corrected chi connectivity index (χ2v) is 11.0. The quantitative estimate of drug-likeness (QED) is 0.509. The highest BCUT2D eigenvalue weighted by Gasteiger charge is 2.71. The first kappa shape index (κ1) is 16.6. The van der Waals surface area contributed by atoms with Crippen molar-refractivity contribution in [3.8, 4) is 0 Å². The Morgan fingerprint density at radius 2 is 1.80 bits per heavy atom. The molecular weight excluding hydrogens is 312 g/mol. The average molecular weight is 347 g/mol. The van der Waals surface area contributed by atoms with Crippen molar-refractivity contribution in [3.05, 3.63) is 0 Å². The van der Waals surface area contributed by atoms with E-state index in [1.807, 2.05) is 0 Å². The van der Waals surface area contributed by atoms with Gasteiger partial charge in [0.2, 0.25) is 0 Å². The van der Waals surface area contributed by atoms with E-state index < -0.39 is 0 Å². The van der Waals surface area contributed by atoms with E-state index in [2.05, 4.69) is 20.8 Å². The van der Waals surface area contributed by atoms with Crippen LogP contribution in [0.25, 0.3) is 0 Å². The van der Waals surface area contributed by atoms with Gasteiger partial charge in [-0.1, -0.05) is 20.8 Å². The molecule has 7 atom stereocenters. The molecule has 0 N–H and O–H groups in total. The van der Waals surface area contributed by atoms with Crippen molar-refractivity contribution >= 4 is 5.97 Å². The summed E-state index contributed by atoms with van der Waals surface area (Å²) in [4.78, 5) is 11.6. The fourth-order valence-electron chi connectivity index (χ4n) is 8.64. The molecule has 4 aliphatic carbocycles. The van der Waals surface area contributed by atoms with Crippen LogP contribution in [0.2, 0.25) is 0 Å². The zero-order chi connectivity index (χ0) is 17.7. The zero-order valence-corrected chi connectivity index (χ0v) is 16.4. The summed E-state index contributed by atoms with van der Waals surface area (Å²) in [5, 5.41) is 0. The summed E-state index contributed by atoms with van der Waals surface area (Å²) in [5.41, 5.74) is 1.34. The van der Waals surface area contributed by atoms with Crippen LogP contribution in [0.1, 0.15) is 79.1 Å². The number of ether oxygens (including phenoxy) is 2. The Morgan fingerprint density at radius 3 is 2.48 bits per heavy atom. The molecule has 140 valence electrons. The summed E-state index contributed by atoms with van der Waals surface area (Å²) < 4.78 is 11.8. The van der Waals surface area contributed by atoms with E-state index in [1.165, 1.54) is 44.9 Å². The highest BCUT2D eigenvalue weighted by Crippen LogP contribution is 2.75. The smallest absolute Gasteiger partial charge is 0.302 e. The van der Waals surface area contributed by atoms with E-state index >= 15 is 0 Å². The van der Waals surface area contributed by atoms with Gasteiger partial charge in [-0.25, -0.2) is 0 Å². The second kappa shape index (κ2) is 4.82. The molecule has 3 nitrogen and oxygen atoms in total. The Hall–Kier alpha value is -0.570. The fourth-order valence-corrected chi connectivity index (χ4v) is 8.64. The molecule has 0 aromatic rings. The molecule has 1 heterocycles. The molecule has 0 amide bonds. The van der Waals surface area contributed by atoms with Gasteiger partial charge in [0.15, 0.2) is 0 Å². The number of esters is 1. The summed E-state index contributed by atoms with van der Waals surface area (Å²) in [5.74, 6) is 2.24. The Bertz CT molecular complexity index is 606. The maximum atomic E-state index is 11.6. The zero-order valence-electron chi connectivity index (χ0n) is 16.4. The van der Waals surface area contributed by atoms with Gasteiger partial charge in [-0.15, -0.1) is 0 Å². The van der Waals surface area contributed by atoms with Crippen molar-refractivity contribution in [2.75, 3.05) is 6.61 Å². The van der Waals surface area contributed by atoms with Crippen LogP contribution in [0.3, 0.4) is 0 Å². The van der Waals surface area contributed by atoms with Gasteiger partial charge in [0.05, 0.1) is 12.2 Å². The van der Waals surface area contributed by atoms with E-state index in [1.54, 1.807) is 6.92 Å². The van der Waals surface area contributed by atoms with Crippen LogP contribution >= 0.6 is 0 Å². The number of rotatable bonds is 1. The first-order chi connectivity index (χ1) is 11.7. The van der Waals surface area contributed by atoms with Gasteiger partial charge in [0.25, 0.3) is 0 Å². The summed E-state index contributed by atoms with van der Waals surface area (Å²) in [6.07, 6.45) is 10.6. The van der Waals surface area contributed by atoms with Crippen LogP contribution in [-0.4, -0.2) is 24.3 Å². The number of fused-ring (bicyclic) bond motifs is 4. The first-order valence-corrected chi connectivity index (χ1v) is 10.5. The van der Waals surface area contributed by atoms with Crippen molar-refractivity contribution in [1.82, 2.24) is 0 Å². The predicted octanol–water partition coefficient (Wildman–Crippen LogP) is 4.73. The minimum absolute atomic E-state index is 0.0868. The molecule has 1 saturated heterocycles. The van der Waals surface area contributed by atoms with Crippen molar-refractivity contribution < 1.29 is 14.3 Å². The van der Waals surface area contributed by atoms with Crippen molar-refractivity contribution in [1.29, 1.82) is 0 Å². The number of hydrogen-bond acceptors (Lipinski definition) is 3. The van der Waals surface area contributed by atoms with Crippen molar-refractivity contribution in [2.24, 2.45) is 34.0 Å². The summed E-state index contributed by atoms with van der Waals surface area (Å²) >= 11 is 0. The normalized spacial score (nSPS) is 55.4. The fraction of sp³-hybridized carbons (Fsp3) is 0.955. The summed E-state index contributed by atoms with van der Waals surface area (Å²) in [7, 11) is 0. The first-order valence-electron chi connectivity index (χ1n) is 10.5. The number of hydrogen-bond donors (Lipinski definition) is 0. The van der Waals surface area contributed by atoms with Gasteiger partial charge >= 0.3 is 5.97 Å². The lowest BCUT2D eigenvalue weighted by atomic mass is 9.41. The van der Waals surface area contributed by atoms with Gasteiger partial charge in [0.1, 0.15) is 6.10 Å². The molecule has 4 saturated carbocycles. The van der Waals surface area contributed by atoms with Gasteiger partial charge in [-0.2, -0.15) is 0 Å². The minimum atomic E-state index is -0.113. The Kier molecular flexibility index (Phi) is 3.20. The third-order valence-electron chi connectivity index (χ3n) is 9.61. The lowest BCUT2D eigenvalue weighted by molar-refractivity contribution is -0.197. The third-order valence-corrected chi connectivity index (χ3v) is 9.61. The molecule has 0 aromatic carbocycles. The van der Waals surface area contributed by atoms with Gasteiger partial charge in [-0.05, 0) is 80.0 Å². The van der Waals surface area contributed by atoms with E-state index in [0.29, 0.717) is 22.3 Å². The standard InChI is InChI=1S/C22H34O3/c1-14(23)25-18-8-9-20(4)16(19(18,2)3)7-10-21-11-15(5-6-17(20)21)22(12-21)13-24-22/h15-18H,5-13H2,1-4H3/t15-,16-,17+,18-,20-,21+,22+/m1/s1. The highest BCUT2D eigenvalue weighted by molar-refractivity contribution is 5.66. The van der Waals surface area contributed by atoms with E-state index in [9.17, 15) is 4.79 Å². The Balaban J connectivity index is 1.47. The highest BCUT2D eigenvalue weighted by atomic mass is 16.6. The lowest BCUT2D eigenvalue weighted by Gasteiger charge is -2.65. The molecule has 2 spiro atoms. The van der Waals surface area contributed by atoms with Crippen LogP contribution < -0.4 is 0 Å². The van der Waals surface area contributed by atoms with Crippen LogP contribution in [0, 0.1) is 34.0 Å². The molecular formula is C22H34O3. The Morgan fingerprint density at radius 1 is 1.04 bits per heavy atom. The molecule has 0 unspecified atom stereocenters. The van der Waals surface area contributed by atoms with Crippen LogP contribution in [0.4, 0.5) is 0 Å². The molecule has 0 aromatic heterocycles. The lowest BCUT2D eigenvalue weighted by Crippen LogP contribution is -2.59. The largest absolute Gasteiger partial charge is 0.462 e. The number of carbonyl (C=O) groups is 1. The maximum absolute atomic E-state index is 11.6. The Labute approximate surface area is 152 Å². The second-order valence-electron chi connectivity index (χ2n) is 11.0. The number of carbonyl (C=O) groups excluding carboxylic acids is 1.